The van der Waals surface area contributed by atoms with Gasteiger partial charge in [0.15, 0.2) is 0 Å². The van der Waals surface area contributed by atoms with Gasteiger partial charge in [-0.25, -0.2) is 0 Å². The molecule has 2 aromatic carbocycles. The Balaban J connectivity index is 1.97. The second kappa shape index (κ2) is 7.60. The number of nitrogens with zero attached hydrogens (tertiary/aromatic N) is 1. The minimum atomic E-state index is -0.130. The molecule has 0 spiro atoms. The first-order chi connectivity index (χ1) is 11.7. The fourth-order valence-electron chi connectivity index (χ4n) is 2.67. The highest BCUT2D eigenvalue weighted by atomic mass is 16.3. The number of carbonyl (C=O) groups is 1. The van der Waals surface area contributed by atoms with Crippen LogP contribution in [-0.4, -0.2) is 31.7 Å². The quantitative estimate of drug-likeness (QED) is 0.872. The second-order valence-electron chi connectivity index (χ2n) is 7.55. The van der Waals surface area contributed by atoms with E-state index >= 15 is 0 Å². The number of rotatable bonds is 5. The first kappa shape index (κ1) is 18.8. The average Bonchev–Trinajstić information content (AvgIpc) is 2.54. The fraction of sp³-hybridized carbons (Fsp3) is 0.381. The lowest BCUT2D eigenvalue weighted by Gasteiger charge is -2.19. The van der Waals surface area contributed by atoms with E-state index in [4.69, 9.17) is 0 Å². The number of anilines is 1. The smallest absolute Gasteiger partial charge is 0.253 e. The van der Waals surface area contributed by atoms with Crippen LogP contribution in [0.5, 0.6) is 5.75 Å². The molecule has 4 heteroatoms. The summed E-state index contributed by atoms with van der Waals surface area (Å²) in [6.45, 7) is 7.16. The lowest BCUT2D eigenvalue weighted by atomic mass is 9.86. The first-order valence-corrected chi connectivity index (χ1v) is 8.56. The van der Waals surface area contributed by atoms with E-state index in [2.05, 4.69) is 50.4 Å². The molecular weight excluding hydrogens is 312 g/mol. The number of nitrogens with one attached hydrogen (secondary N) is 1. The van der Waals surface area contributed by atoms with Gasteiger partial charge in [-0.3, -0.25) is 4.79 Å². The SMILES string of the molecule is CN(C)c1cc(O)ccc1C(=O)NCCc1ccc(C(C)(C)C)cc1. The van der Waals surface area contributed by atoms with Gasteiger partial charge >= 0.3 is 0 Å². The number of hydrogen-bond donors (Lipinski definition) is 2. The van der Waals surface area contributed by atoms with Gasteiger partial charge in [-0.05, 0) is 35.1 Å². The molecule has 2 aromatic rings. The minimum Gasteiger partial charge on any atom is -0.508 e. The zero-order valence-corrected chi connectivity index (χ0v) is 15.8. The van der Waals surface area contributed by atoms with Crippen molar-refractivity contribution in [3.05, 3.63) is 59.2 Å². The molecule has 0 aliphatic heterocycles. The molecule has 0 heterocycles. The summed E-state index contributed by atoms with van der Waals surface area (Å²) in [5.41, 5.74) is 3.92. The third-order valence-electron chi connectivity index (χ3n) is 4.23. The van der Waals surface area contributed by atoms with Crippen LogP contribution < -0.4 is 10.2 Å². The molecule has 0 aliphatic carbocycles. The summed E-state index contributed by atoms with van der Waals surface area (Å²) in [5, 5.41) is 12.6. The maximum Gasteiger partial charge on any atom is 0.253 e. The fourth-order valence-corrected chi connectivity index (χ4v) is 2.67. The highest BCUT2D eigenvalue weighted by Gasteiger charge is 2.14. The van der Waals surface area contributed by atoms with Gasteiger partial charge < -0.3 is 15.3 Å². The molecule has 0 saturated heterocycles. The van der Waals surface area contributed by atoms with E-state index in [1.165, 1.54) is 17.2 Å². The van der Waals surface area contributed by atoms with Crippen LogP contribution in [0.4, 0.5) is 5.69 Å². The lowest BCUT2D eigenvalue weighted by molar-refractivity contribution is 0.0954. The number of benzene rings is 2. The summed E-state index contributed by atoms with van der Waals surface area (Å²) in [5.74, 6) is 0.0224. The molecule has 0 unspecified atom stereocenters. The first-order valence-electron chi connectivity index (χ1n) is 8.56. The third-order valence-corrected chi connectivity index (χ3v) is 4.23. The summed E-state index contributed by atoms with van der Waals surface area (Å²) in [6, 6.07) is 13.3. The van der Waals surface area contributed by atoms with Crippen LogP contribution in [0.3, 0.4) is 0 Å². The second-order valence-corrected chi connectivity index (χ2v) is 7.55. The summed E-state index contributed by atoms with van der Waals surface area (Å²) in [7, 11) is 3.70. The molecule has 4 nitrogen and oxygen atoms in total. The van der Waals surface area contributed by atoms with Crippen LogP contribution in [0, 0.1) is 0 Å². The summed E-state index contributed by atoms with van der Waals surface area (Å²) in [6.07, 6.45) is 0.783. The average molecular weight is 340 g/mol. The topological polar surface area (TPSA) is 52.6 Å². The van der Waals surface area contributed by atoms with Crippen LogP contribution in [0.15, 0.2) is 42.5 Å². The van der Waals surface area contributed by atoms with Crippen molar-refractivity contribution in [1.82, 2.24) is 5.32 Å². The molecule has 2 rings (SSSR count). The largest absolute Gasteiger partial charge is 0.508 e. The molecule has 0 bridgehead atoms. The van der Waals surface area contributed by atoms with Crippen molar-refractivity contribution >= 4 is 11.6 Å². The van der Waals surface area contributed by atoms with Gasteiger partial charge in [0.25, 0.3) is 5.91 Å². The standard InChI is InChI=1S/C21H28N2O2/c1-21(2,3)16-8-6-15(7-9-16)12-13-22-20(25)18-11-10-17(24)14-19(18)23(4)5/h6-11,14,24H,12-13H2,1-5H3,(H,22,25). The maximum atomic E-state index is 12.4. The summed E-state index contributed by atoms with van der Waals surface area (Å²) >= 11 is 0. The van der Waals surface area contributed by atoms with Gasteiger partial charge in [0, 0.05) is 26.7 Å². The van der Waals surface area contributed by atoms with Crippen LogP contribution in [0.1, 0.15) is 42.3 Å². The van der Waals surface area contributed by atoms with Gasteiger partial charge in [-0.1, -0.05) is 45.0 Å². The Kier molecular flexibility index (Phi) is 5.73. The van der Waals surface area contributed by atoms with Gasteiger partial charge in [0.2, 0.25) is 0 Å². The van der Waals surface area contributed by atoms with E-state index in [0.717, 1.165) is 6.42 Å². The summed E-state index contributed by atoms with van der Waals surface area (Å²) in [4.78, 5) is 14.3. The van der Waals surface area contributed by atoms with Crippen molar-refractivity contribution in [2.24, 2.45) is 0 Å². The molecule has 134 valence electrons. The zero-order valence-electron chi connectivity index (χ0n) is 15.8. The van der Waals surface area contributed by atoms with Crippen molar-refractivity contribution in [2.75, 3.05) is 25.5 Å². The Morgan fingerprint density at radius 3 is 2.28 bits per heavy atom. The van der Waals surface area contributed by atoms with Crippen molar-refractivity contribution in [3.63, 3.8) is 0 Å². The minimum absolute atomic E-state index is 0.130. The molecule has 1 amide bonds. The Morgan fingerprint density at radius 2 is 1.72 bits per heavy atom. The zero-order chi connectivity index (χ0) is 18.6. The predicted octanol–water partition coefficient (Wildman–Crippen LogP) is 3.73. The molecule has 0 atom stereocenters. The Bertz CT molecular complexity index is 729. The third kappa shape index (κ3) is 4.99. The van der Waals surface area contributed by atoms with E-state index < -0.39 is 0 Å². The van der Waals surface area contributed by atoms with Crippen molar-refractivity contribution in [1.29, 1.82) is 0 Å². The van der Waals surface area contributed by atoms with Gasteiger partial charge in [0.1, 0.15) is 5.75 Å². The van der Waals surface area contributed by atoms with E-state index in [-0.39, 0.29) is 17.1 Å². The number of aromatic hydroxyl groups is 1. The van der Waals surface area contributed by atoms with Crippen molar-refractivity contribution in [3.8, 4) is 5.75 Å². The number of amides is 1. The molecule has 0 saturated carbocycles. The van der Waals surface area contributed by atoms with E-state index in [9.17, 15) is 9.90 Å². The lowest BCUT2D eigenvalue weighted by Crippen LogP contribution is -2.27. The normalized spacial score (nSPS) is 11.2. The highest BCUT2D eigenvalue weighted by Crippen LogP contribution is 2.24. The Labute approximate surface area is 150 Å². The molecule has 0 radical (unpaired) electrons. The van der Waals surface area contributed by atoms with Crippen molar-refractivity contribution < 1.29 is 9.90 Å². The van der Waals surface area contributed by atoms with Crippen LogP contribution in [0.25, 0.3) is 0 Å². The van der Waals surface area contributed by atoms with Crippen molar-refractivity contribution in [2.45, 2.75) is 32.6 Å². The molecular formula is C21H28N2O2. The maximum absolute atomic E-state index is 12.4. The number of hydrogen-bond acceptors (Lipinski definition) is 3. The monoisotopic (exact) mass is 340 g/mol. The Hall–Kier alpha value is -2.49. The van der Waals surface area contributed by atoms with E-state index in [0.29, 0.717) is 17.8 Å². The molecule has 25 heavy (non-hydrogen) atoms. The molecule has 0 aromatic heterocycles. The Morgan fingerprint density at radius 1 is 1.08 bits per heavy atom. The van der Waals surface area contributed by atoms with Crippen LogP contribution >= 0.6 is 0 Å². The van der Waals surface area contributed by atoms with E-state index in [1.54, 1.807) is 12.1 Å². The highest BCUT2D eigenvalue weighted by molar-refractivity contribution is 6.00. The molecule has 0 aliphatic rings. The van der Waals surface area contributed by atoms with E-state index in [1.807, 2.05) is 19.0 Å². The molecule has 2 N–H and O–H groups in total. The summed E-state index contributed by atoms with van der Waals surface area (Å²) < 4.78 is 0. The van der Waals surface area contributed by atoms with Gasteiger partial charge in [-0.15, -0.1) is 0 Å². The number of carbonyl (C=O) groups excluding carboxylic acids is 1. The molecule has 0 fully saturated rings. The van der Waals surface area contributed by atoms with Crippen LogP contribution in [-0.2, 0) is 11.8 Å². The van der Waals surface area contributed by atoms with Crippen LogP contribution in [0.2, 0.25) is 0 Å². The van der Waals surface area contributed by atoms with Gasteiger partial charge in [0.05, 0.1) is 11.3 Å². The van der Waals surface area contributed by atoms with Gasteiger partial charge in [-0.2, -0.15) is 0 Å². The predicted molar refractivity (Wildman–Crippen MR) is 104 cm³/mol. The number of phenolic OH excluding ortho intramolecular Hbond substituents is 1. The number of phenols is 1.